The molecule has 130 valence electrons. The van der Waals surface area contributed by atoms with Gasteiger partial charge in [0.05, 0.1) is 0 Å². The Morgan fingerprint density at radius 1 is 1.27 bits per heavy atom. The summed E-state index contributed by atoms with van der Waals surface area (Å²) in [6.07, 6.45) is 5.57. The van der Waals surface area contributed by atoms with Gasteiger partial charge in [0.25, 0.3) is 0 Å². The zero-order chi connectivity index (χ0) is 16.4. The molecule has 22 heavy (non-hydrogen) atoms. The second-order valence-electron chi connectivity index (χ2n) is 5.66. The van der Waals surface area contributed by atoms with Crippen LogP contribution in [0.5, 0.6) is 0 Å². The van der Waals surface area contributed by atoms with Gasteiger partial charge in [-0.2, -0.15) is 0 Å². The van der Waals surface area contributed by atoms with Crippen molar-refractivity contribution in [2.45, 2.75) is 51.7 Å². The Morgan fingerprint density at radius 2 is 2.00 bits per heavy atom. The van der Waals surface area contributed by atoms with Gasteiger partial charge in [-0.15, -0.1) is 0 Å². The van der Waals surface area contributed by atoms with E-state index in [-0.39, 0.29) is 24.2 Å². The average Bonchev–Trinajstić information content (AvgIpc) is 2.55. The molecule has 6 nitrogen and oxygen atoms in total. The molecule has 7 heteroatoms. The van der Waals surface area contributed by atoms with Crippen LogP contribution >= 0.6 is 7.60 Å². The van der Waals surface area contributed by atoms with Crippen molar-refractivity contribution in [1.29, 1.82) is 0 Å². The third-order valence-electron chi connectivity index (χ3n) is 3.93. The van der Waals surface area contributed by atoms with Gasteiger partial charge in [-0.05, 0) is 32.1 Å². The number of unbranched alkanes of at least 4 members (excludes halogenated alkanes) is 1. The highest BCUT2D eigenvalue weighted by atomic mass is 31.2. The van der Waals surface area contributed by atoms with E-state index in [4.69, 9.17) is 18.5 Å². The number of ketones is 1. The van der Waals surface area contributed by atoms with E-state index in [1.165, 1.54) is 14.2 Å². The number of rotatable bonds is 11. The zero-order valence-electron chi connectivity index (χ0n) is 13.9. The molecule has 1 saturated heterocycles. The minimum absolute atomic E-state index is 0.0536. The molecule has 0 aromatic carbocycles. The summed E-state index contributed by atoms with van der Waals surface area (Å²) in [6, 6.07) is 0. The van der Waals surface area contributed by atoms with Crippen LogP contribution in [0.1, 0.15) is 45.4 Å². The molecule has 1 heterocycles. The number of ether oxygens (including phenoxy) is 2. The smallest absolute Gasteiger partial charge is 0.337 e. The van der Waals surface area contributed by atoms with Crippen LogP contribution in [-0.4, -0.2) is 45.7 Å². The van der Waals surface area contributed by atoms with Crippen molar-refractivity contribution in [2.24, 2.45) is 5.92 Å². The van der Waals surface area contributed by atoms with E-state index in [9.17, 15) is 9.36 Å². The molecule has 0 aromatic rings. The van der Waals surface area contributed by atoms with Crippen LogP contribution < -0.4 is 0 Å². The molecule has 1 rings (SSSR count). The number of carbonyl (C=O) groups excluding carboxylic acids is 1. The lowest BCUT2D eigenvalue weighted by Gasteiger charge is -2.22. The lowest BCUT2D eigenvalue weighted by Crippen LogP contribution is -2.22. The maximum Gasteiger partial charge on any atom is 0.337 e. The molecule has 2 unspecified atom stereocenters. The highest BCUT2D eigenvalue weighted by Gasteiger charge is 2.27. The highest BCUT2D eigenvalue weighted by molar-refractivity contribution is 7.54. The topological polar surface area (TPSA) is 71.1 Å². The normalized spacial score (nSPS) is 20.8. The van der Waals surface area contributed by atoms with E-state index in [2.05, 4.69) is 0 Å². The number of carbonyl (C=O) groups is 1. The van der Waals surface area contributed by atoms with E-state index in [1.807, 2.05) is 6.92 Å². The molecule has 1 aliphatic rings. The summed E-state index contributed by atoms with van der Waals surface area (Å²) in [5.41, 5.74) is 0. The summed E-state index contributed by atoms with van der Waals surface area (Å²) in [4.78, 5) is 12.0. The number of Topliss-reactive ketones (excluding diaryl/α,β-unsaturated/α-hetero) is 1. The predicted molar refractivity (Wildman–Crippen MR) is 84.1 cm³/mol. The van der Waals surface area contributed by atoms with Crippen molar-refractivity contribution >= 4 is 13.4 Å². The third-order valence-corrected chi connectivity index (χ3v) is 5.74. The summed E-state index contributed by atoms with van der Waals surface area (Å²) in [6.45, 7) is 3.29. The van der Waals surface area contributed by atoms with Crippen LogP contribution in [0.2, 0.25) is 0 Å². The largest absolute Gasteiger partial charge is 0.353 e. The summed E-state index contributed by atoms with van der Waals surface area (Å²) in [5, 5.41) is 0. The standard InChI is InChI=1S/C15H29O6P/c1-13(14(16)12-22(17,18-2)19-3)8-4-6-10-20-15-9-5-7-11-21-15/h13,15H,4-12H2,1-3H3. The Kier molecular flexibility index (Phi) is 9.45. The molecule has 0 amide bonds. The first-order chi connectivity index (χ1) is 10.5. The molecule has 0 radical (unpaired) electrons. The number of hydrogen-bond donors (Lipinski definition) is 0. The van der Waals surface area contributed by atoms with E-state index < -0.39 is 7.60 Å². The zero-order valence-corrected chi connectivity index (χ0v) is 14.8. The quantitative estimate of drug-likeness (QED) is 0.425. The first-order valence-electron chi connectivity index (χ1n) is 7.97. The SMILES string of the molecule is COP(=O)(CC(=O)C(C)CCCCOC1CCCCO1)OC. The van der Waals surface area contributed by atoms with Gasteiger partial charge in [0, 0.05) is 33.4 Å². The minimum atomic E-state index is -3.25. The summed E-state index contributed by atoms with van der Waals surface area (Å²) in [5.74, 6) is -0.229. The first kappa shape index (κ1) is 19.8. The van der Waals surface area contributed by atoms with Gasteiger partial charge in [0.2, 0.25) is 0 Å². The Hall–Kier alpha value is -0.260. The van der Waals surface area contributed by atoms with Gasteiger partial charge in [0.1, 0.15) is 11.9 Å². The fraction of sp³-hybridized carbons (Fsp3) is 0.933. The Bertz CT molecular complexity index is 359. The summed E-state index contributed by atoms with van der Waals surface area (Å²) < 4.78 is 32.6. The molecule has 0 spiro atoms. The van der Waals surface area contributed by atoms with Crippen molar-refractivity contribution in [3.8, 4) is 0 Å². The van der Waals surface area contributed by atoms with Crippen LogP contribution in [0.3, 0.4) is 0 Å². The van der Waals surface area contributed by atoms with Crippen molar-refractivity contribution in [3.63, 3.8) is 0 Å². The van der Waals surface area contributed by atoms with Gasteiger partial charge in [0.15, 0.2) is 6.29 Å². The maximum absolute atomic E-state index is 12.0. The second kappa shape index (κ2) is 10.5. The summed E-state index contributed by atoms with van der Waals surface area (Å²) in [7, 11) is -0.648. The van der Waals surface area contributed by atoms with Crippen molar-refractivity contribution in [3.05, 3.63) is 0 Å². The molecule has 0 saturated carbocycles. The summed E-state index contributed by atoms with van der Waals surface area (Å²) >= 11 is 0. The average molecular weight is 336 g/mol. The first-order valence-corrected chi connectivity index (χ1v) is 9.70. The van der Waals surface area contributed by atoms with E-state index in [0.717, 1.165) is 45.1 Å². The van der Waals surface area contributed by atoms with Crippen molar-refractivity contribution < 1.29 is 27.9 Å². The van der Waals surface area contributed by atoms with Crippen LogP contribution in [0, 0.1) is 5.92 Å². The Morgan fingerprint density at radius 3 is 2.59 bits per heavy atom. The van der Waals surface area contributed by atoms with E-state index in [1.54, 1.807) is 0 Å². The molecule has 2 atom stereocenters. The second-order valence-corrected chi connectivity index (χ2v) is 7.93. The van der Waals surface area contributed by atoms with E-state index in [0.29, 0.717) is 6.61 Å². The van der Waals surface area contributed by atoms with Gasteiger partial charge in [-0.25, -0.2) is 0 Å². The lowest BCUT2D eigenvalue weighted by molar-refractivity contribution is -0.162. The molecule has 1 fully saturated rings. The highest BCUT2D eigenvalue weighted by Crippen LogP contribution is 2.46. The predicted octanol–water partition coefficient (Wildman–Crippen LogP) is 3.39. The van der Waals surface area contributed by atoms with Crippen molar-refractivity contribution in [2.75, 3.05) is 33.6 Å². The van der Waals surface area contributed by atoms with Gasteiger partial charge in [-0.3, -0.25) is 9.36 Å². The Labute approximate surface area is 133 Å². The maximum atomic E-state index is 12.0. The molecule has 0 N–H and O–H groups in total. The minimum Gasteiger partial charge on any atom is -0.353 e. The van der Waals surface area contributed by atoms with Gasteiger partial charge < -0.3 is 18.5 Å². The fourth-order valence-electron chi connectivity index (χ4n) is 2.32. The van der Waals surface area contributed by atoms with Crippen LogP contribution in [0.15, 0.2) is 0 Å². The Balaban J connectivity index is 2.12. The van der Waals surface area contributed by atoms with E-state index >= 15 is 0 Å². The number of hydrogen-bond acceptors (Lipinski definition) is 6. The fourth-order valence-corrected chi connectivity index (χ4v) is 3.42. The monoisotopic (exact) mass is 336 g/mol. The molecule has 0 aliphatic carbocycles. The molecular weight excluding hydrogens is 307 g/mol. The molecule has 1 aliphatic heterocycles. The van der Waals surface area contributed by atoms with Crippen molar-refractivity contribution in [1.82, 2.24) is 0 Å². The lowest BCUT2D eigenvalue weighted by atomic mass is 10.0. The van der Waals surface area contributed by atoms with Crippen LogP contribution in [0.4, 0.5) is 0 Å². The van der Waals surface area contributed by atoms with Gasteiger partial charge in [-0.1, -0.05) is 13.3 Å². The molecule has 0 aromatic heterocycles. The molecule has 0 bridgehead atoms. The molecular formula is C15H29O6P. The van der Waals surface area contributed by atoms with Gasteiger partial charge >= 0.3 is 7.60 Å². The van der Waals surface area contributed by atoms with Crippen LogP contribution in [-0.2, 0) is 27.9 Å². The van der Waals surface area contributed by atoms with Crippen LogP contribution in [0.25, 0.3) is 0 Å². The third kappa shape index (κ3) is 7.34.